The largest absolute Gasteiger partial charge is 0.349 e. The lowest BCUT2D eigenvalue weighted by molar-refractivity contribution is 0.0929. The van der Waals surface area contributed by atoms with Crippen LogP contribution in [0, 0.1) is 0 Å². The van der Waals surface area contributed by atoms with Crippen LogP contribution in [0.3, 0.4) is 0 Å². The van der Waals surface area contributed by atoms with Gasteiger partial charge in [-0.2, -0.15) is 0 Å². The Balaban J connectivity index is 1.87. The third-order valence-electron chi connectivity index (χ3n) is 3.50. The van der Waals surface area contributed by atoms with Crippen LogP contribution >= 0.6 is 0 Å². The van der Waals surface area contributed by atoms with E-state index in [-0.39, 0.29) is 24.0 Å². The molecule has 0 aromatic heterocycles. The molecule has 2 rings (SSSR count). The number of rotatable bonds is 4. The summed E-state index contributed by atoms with van der Waals surface area (Å²) in [5.41, 5.74) is 1.27. The van der Waals surface area contributed by atoms with E-state index in [0.717, 1.165) is 25.9 Å². The predicted molar refractivity (Wildman–Crippen MR) is 87.1 cm³/mol. The molecule has 6 heteroatoms. The number of amides is 3. The molecule has 6 nitrogen and oxygen atoms in total. The summed E-state index contributed by atoms with van der Waals surface area (Å²) in [5, 5.41) is 11.8. The smallest absolute Gasteiger partial charge is 0.319 e. The van der Waals surface area contributed by atoms with Crippen molar-refractivity contribution in [3.63, 3.8) is 0 Å². The first-order valence-corrected chi connectivity index (χ1v) is 7.74. The van der Waals surface area contributed by atoms with Gasteiger partial charge in [0.2, 0.25) is 0 Å². The zero-order chi connectivity index (χ0) is 15.9. The lowest BCUT2D eigenvalue weighted by atomic mass is 10.1. The molecule has 0 atom stereocenters. The molecule has 1 fully saturated rings. The number of hydrogen-bond acceptors (Lipinski definition) is 3. The molecular formula is C16H24N4O2. The number of carbonyl (C=O) groups excluding carboxylic acids is 2. The maximum Gasteiger partial charge on any atom is 0.319 e. The van der Waals surface area contributed by atoms with Crippen molar-refractivity contribution in [3.05, 3.63) is 29.8 Å². The van der Waals surface area contributed by atoms with Crippen molar-refractivity contribution in [1.29, 1.82) is 0 Å². The van der Waals surface area contributed by atoms with Crippen LogP contribution in [0.4, 0.5) is 10.5 Å². The summed E-state index contributed by atoms with van der Waals surface area (Å²) < 4.78 is 0. The highest BCUT2D eigenvalue weighted by Crippen LogP contribution is 2.11. The Morgan fingerprint density at radius 1 is 1.14 bits per heavy atom. The molecule has 22 heavy (non-hydrogen) atoms. The van der Waals surface area contributed by atoms with Crippen LogP contribution < -0.4 is 21.3 Å². The zero-order valence-corrected chi connectivity index (χ0v) is 13.1. The zero-order valence-electron chi connectivity index (χ0n) is 13.1. The van der Waals surface area contributed by atoms with Crippen molar-refractivity contribution in [1.82, 2.24) is 16.0 Å². The van der Waals surface area contributed by atoms with Gasteiger partial charge in [-0.1, -0.05) is 0 Å². The predicted octanol–water partition coefficient (Wildman–Crippen LogP) is 1.70. The lowest BCUT2D eigenvalue weighted by Gasteiger charge is -2.23. The molecule has 1 aliphatic heterocycles. The van der Waals surface area contributed by atoms with E-state index in [1.165, 1.54) is 0 Å². The van der Waals surface area contributed by atoms with Gasteiger partial charge in [0.25, 0.3) is 5.91 Å². The third kappa shape index (κ3) is 5.04. The normalized spacial score (nSPS) is 15.4. The van der Waals surface area contributed by atoms with Crippen molar-refractivity contribution >= 4 is 17.6 Å². The van der Waals surface area contributed by atoms with E-state index in [0.29, 0.717) is 11.3 Å². The van der Waals surface area contributed by atoms with Gasteiger partial charge in [-0.05, 0) is 64.0 Å². The molecule has 0 unspecified atom stereocenters. The van der Waals surface area contributed by atoms with Gasteiger partial charge in [-0.3, -0.25) is 4.79 Å². The molecule has 1 aromatic carbocycles. The van der Waals surface area contributed by atoms with Gasteiger partial charge in [0.15, 0.2) is 0 Å². The highest BCUT2D eigenvalue weighted by atomic mass is 16.2. The van der Waals surface area contributed by atoms with Gasteiger partial charge in [-0.25, -0.2) is 4.79 Å². The summed E-state index contributed by atoms with van der Waals surface area (Å²) in [4.78, 5) is 23.8. The summed E-state index contributed by atoms with van der Waals surface area (Å²) in [6.45, 7) is 5.68. The van der Waals surface area contributed by atoms with E-state index < -0.39 is 0 Å². The molecule has 1 aliphatic rings. The minimum Gasteiger partial charge on any atom is -0.349 e. The second-order valence-electron chi connectivity index (χ2n) is 5.83. The van der Waals surface area contributed by atoms with Crippen molar-refractivity contribution in [2.45, 2.75) is 38.8 Å². The SMILES string of the molecule is CC(C)NC(=O)Nc1ccc(C(=O)NC2CCNCC2)cc1. The van der Waals surface area contributed by atoms with Crippen LogP contribution in [0.1, 0.15) is 37.0 Å². The third-order valence-corrected chi connectivity index (χ3v) is 3.50. The van der Waals surface area contributed by atoms with Crippen LogP contribution in [0.2, 0.25) is 0 Å². The van der Waals surface area contributed by atoms with Crippen LogP contribution in [0.25, 0.3) is 0 Å². The van der Waals surface area contributed by atoms with E-state index >= 15 is 0 Å². The van der Waals surface area contributed by atoms with E-state index in [9.17, 15) is 9.59 Å². The fourth-order valence-corrected chi connectivity index (χ4v) is 2.37. The van der Waals surface area contributed by atoms with E-state index in [4.69, 9.17) is 0 Å². The molecule has 1 saturated heterocycles. The maximum absolute atomic E-state index is 12.2. The van der Waals surface area contributed by atoms with E-state index in [2.05, 4.69) is 21.3 Å². The first-order valence-electron chi connectivity index (χ1n) is 7.74. The minimum atomic E-state index is -0.248. The van der Waals surface area contributed by atoms with Gasteiger partial charge < -0.3 is 21.3 Å². The highest BCUT2D eigenvalue weighted by Gasteiger charge is 2.16. The second kappa shape index (κ2) is 7.79. The molecule has 0 spiro atoms. The van der Waals surface area contributed by atoms with E-state index in [1.807, 2.05) is 13.8 Å². The van der Waals surface area contributed by atoms with Crippen LogP contribution in [0.5, 0.6) is 0 Å². The minimum absolute atomic E-state index is 0.0647. The molecule has 120 valence electrons. The summed E-state index contributed by atoms with van der Waals surface area (Å²) in [6, 6.07) is 6.98. The number of carbonyl (C=O) groups is 2. The molecule has 0 saturated carbocycles. The summed E-state index contributed by atoms with van der Waals surface area (Å²) in [5.74, 6) is -0.0647. The van der Waals surface area contributed by atoms with Gasteiger partial charge in [0.05, 0.1) is 0 Å². The number of piperidine rings is 1. The molecular weight excluding hydrogens is 280 g/mol. The van der Waals surface area contributed by atoms with E-state index in [1.54, 1.807) is 24.3 Å². The Labute approximate surface area is 131 Å². The second-order valence-corrected chi connectivity index (χ2v) is 5.83. The standard InChI is InChI=1S/C16H24N4O2/c1-11(2)18-16(22)20-13-5-3-12(4-6-13)15(21)19-14-7-9-17-10-8-14/h3-6,11,14,17H,7-10H2,1-2H3,(H,19,21)(H2,18,20,22). The maximum atomic E-state index is 12.2. The molecule has 0 bridgehead atoms. The van der Waals surface area contributed by atoms with Crippen molar-refractivity contribution < 1.29 is 9.59 Å². The number of anilines is 1. The first-order chi connectivity index (χ1) is 10.5. The molecule has 0 aliphatic carbocycles. The molecule has 1 heterocycles. The van der Waals surface area contributed by atoms with Gasteiger partial charge in [0.1, 0.15) is 0 Å². The fourth-order valence-electron chi connectivity index (χ4n) is 2.37. The number of hydrogen-bond donors (Lipinski definition) is 4. The van der Waals surface area contributed by atoms with Crippen LogP contribution in [0.15, 0.2) is 24.3 Å². The monoisotopic (exact) mass is 304 g/mol. The molecule has 4 N–H and O–H groups in total. The summed E-state index contributed by atoms with van der Waals surface area (Å²) >= 11 is 0. The summed E-state index contributed by atoms with van der Waals surface area (Å²) in [6.07, 6.45) is 1.92. The first kappa shape index (κ1) is 16.3. The Hall–Kier alpha value is -2.08. The number of nitrogens with one attached hydrogen (secondary N) is 4. The lowest BCUT2D eigenvalue weighted by Crippen LogP contribution is -2.42. The number of urea groups is 1. The average Bonchev–Trinajstić information content (AvgIpc) is 2.48. The Kier molecular flexibility index (Phi) is 5.77. The highest BCUT2D eigenvalue weighted by molar-refractivity contribution is 5.95. The molecule has 1 aromatic rings. The average molecular weight is 304 g/mol. The fraction of sp³-hybridized carbons (Fsp3) is 0.500. The Morgan fingerprint density at radius 3 is 2.36 bits per heavy atom. The molecule has 0 radical (unpaired) electrons. The quantitative estimate of drug-likeness (QED) is 0.683. The summed E-state index contributed by atoms with van der Waals surface area (Å²) in [7, 11) is 0. The Bertz CT molecular complexity index is 507. The van der Waals surface area contributed by atoms with Crippen LogP contribution in [-0.4, -0.2) is 37.1 Å². The van der Waals surface area contributed by atoms with Crippen LogP contribution in [-0.2, 0) is 0 Å². The molecule has 3 amide bonds. The van der Waals surface area contributed by atoms with Crippen molar-refractivity contribution in [2.24, 2.45) is 0 Å². The number of benzene rings is 1. The topological polar surface area (TPSA) is 82.3 Å². The van der Waals surface area contributed by atoms with Crippen molar-refractivity contribution in [2.75, 3.05) is 18.4 Å². The van der Waals surface area contributed by atoms with Gasteiger partial charge in [0, 0.05) is 23.3 Å². The Morgan fingerprint density at radius 2 is 1.77 bits per heavy atom. The van der Waals surface area contributed by atoms with Gasteiger partial charge in [-0.15, -0.1) is 0 Å². The van der Waals surface area contributed by atoms with Gasteiger partial charge >= 0.3 is 6.03 Å². The van der Waals surface area contributed by atoms with Crippen molar-refractivity contribution in [3.8, 4) is 0 Å².